The van der Waals surface area contributed by atoms with E-state index in [0.717, 1.165) is 11.4 Å². The van der Waals surface area contributed by atoms with Crippen LogP contribution in [0.15, 0.2) is 48.5 Å². The van der Waals surface area contributed by atoms with Crippen molar-refractivity contribution in [3.05, 3.63) is 71.3 Å². The van der Waals surface area contributed by atoms with E-state index in [2.05, 4.69) is 15.2 Å². The monoisotopic (exact) mass is 394 g/mol. The highest BCUT2D eigenvalue weighted by molar-refractivity contribution is 5.94. The molecular formula is C22H23FN4O2. The average Bonchev–Trinajstić information content (AvgIpc) is 3.38. The molecule has 0 unspecified atom stereocenters. The van der Waals surface area contributed by atoms with Gasteiger partial charge in [0.1, 0.15) is 11.6 Å². The van der Waals surface area contributed by atoms with Crippen molar-refractivity contribution >= 4 is 5.91 Å². The van der Waals surface area contributed by atoms with Crippen LogP contribution < -0.4 is 0 Å². The molecule has 1 fully saturated rings. The highest BCUT2D eigenvalue weighted by Crippen LogP contribution is 2.33. The van der Waals surface area contributed by atoms with Gasteiger partial charge in [-0.2, -0.15) is 5.10 Å². The van der Waals surface area contributed by atoms with Crippen LogP contribution >= 0.6 is 0 Å². The number of amides is 1. The summed E-state index contributed by atoms with van der Waals surface area (Å²) in [6.07, 6.45) is 0. The molecule has 2 heterocycles. The van der Waals surface area contributed by atoms with Gasteiger partial charge in [-0.1, -0.05) is 36.4 Å². The summed E-state index contributed by atoms with van der Waals surface area (Å²) in [5.74, 6) is 0.853. The first kappa shape index (κ1) is 19.3. The van der Waals surface area contributed by atoms with Gasteiger partial charge < -0.3 is 9.64 Å². The number of likely N-dealkylation sites (tertiary alicyclic amines) is 1. The minimum Gasteiger partial charge on any atom is -0.384 e. The fourth-order valence-corrected chi connectivity index (χ4v) is 3.79. The molecule has 2 atom stereocenters. The molecule has 0 aliphatic carbocycles. The van der Waals surface area contributed by atoms with Gasteiger partial charge in [0.2, 0.25) is 0 Å². The number of halogens is 1. The van der Waals surface area contributed by atoms with E-state index in [4.69, 9.17) is 4.74 Å². The van der Waals surface area contributed by atoms with Crippen LogP contribution in [0.3, 0.4) is 0 Å². The zero-order chi connectivity index (χ0) is 20.4. The summed E-state index contributed by atoms with van der Waals surface area (Å²) in [5.41, 5.74) is 1.81. The summed E-state index contributed by atoms with van der Waals surface area (Å²) in [6, 6.07) is 14.3. The fraction of sp³-hybridized carbons (Fsp3) is 0.318. The number of nitrogens with one attached hydrogen (secondary N) is 1. The Hall–Kier alpha value is -3.06. The van der Waals surface area contributed by atoms with Crippen LogP contribution in [0.5, 0.6) is 0 Å². The lowest BCUT2D eigenvalue weighted by molar-refractivity contribution is 0.0775. The molecule has 1 saturated heterocycles. The predicted octanol–water partition coefficient (Wildman–Crippen LogP) is 3.42. The van der Waals surface area contributed by atoms with Gasteiger partial charge in [0.15, 0.2) is 5.82 Å². The lowest BCUT2D eigenvalue weighted by Crippen LogP contribution is -2.29. The van der Waals surface area contributed by atoms with Crippen LogP contribution in [0, 0.1) is 18.7 Å². The SMILES string of the molecule is COC[C@@H]1CN(C(=O)c2ccc(C)c(F)c2)C[C@H]1c1nc(-c2ccccc2)n[nH]1. The van der Waals surface area contributed by atoms with E-state index in [1.807, 2.05) is 30.3 Å². The number of methoxy groups -OCH3 is 1. The molecule has 150 valence electrons. The van der Waals surface area contributed by atoms with Gasteiger partial charge in [-0.15, -0.1) is 0 Å². The third-order valence-electron chi connectivity index (χ3n) is 5.41. The highest BCUT2D eigenvalue weighted by Gasteiger charge is 2.38. The topological polar surface area (TPSA) is 71.1 Å². The molecule has 2 aromatic carbocycles. The van der Waals surface area contributed by atoms with Crippen molar-refractivity contribution in [1.82, 2.24) is 20.1 Å². The number of ether oxygens (including phenoxy) is 1. The van der Waals surface area contributed by atoms with E-state index in [1.165, 1.54) is 6.07 Å². The van der Waals surface area contributed by atoms with E-state index in [1.54, 1.807) is 31.1 Å². The normalized spacial score (nSPS) is 18.9. The number of carbonyl (C=O) groups is 1. The number of aromatic nitrogens is 3. The van der Waals surface area contributed by atoms with Crippen molar-refractivity contribution in [2.75, 3.05) is 26.8 Å². The smallest absolute Gasteiger partial charge is 0.253 e. The third kappa shape index (κ3) is 3.91. The van der Waals surface area contributed by atoms with Crippen LogP contribution in [0.4, 0.5) is 4.39 Å². The van der Waals surface area contributed by atoms with Crippen molar-refractivity contribution in [3.8, 4) is 11.4 Å². The van der Waals surface area contributed by atoms with Crippen LogP contribution in [-0.4, -0.2) is 52.8 Å². The molecule has 0 spiro atoms. The van der Waals surface area contributed by atoms with Gasteiger partial charge in [0, 0.05) is 43.2 Å². The first-order valence-electron chi connectivity index (χ1n) is 9.59. The Morgan fingerprint density at radius 1 is 1.24 bits per heavy atom. The molecule has 1 N–H and O–H groups in total. The molecule has 4 rings (SSSR count). The Kier molecular flexibility index (Phi) is 5.40. The quantitative estimate of drug-likeness (QED) is 0.720. The van der Waals surface area contributed by atoms with Gasteiger partial charge in [-0.25, -0.2) is 9.37 Å². The number of hydrogen-bond acceptors (Lipinski definition) is 4. The molecule has 0 radical (unpaired) electrons. The summed E-state index contributed by atoms with van der Waals surface area (Å²) in [7, 11) is 1.65. The van der Waals surface area contributed by atoms with Crippen molar-refractivity contribution in [2.45, 2.75) is 12.8 Å². The lowest BCUT2D eigenvalue weighted by atomic mass is 9.96. The molecule has 1 amide bonds. The predicted molar refractivity (Wildman–Crippen MR) is 107 cm³/mol. The molecule has 29 heavy (non-hydrogen) atoms. The number of rotatable bonds is 5. The standard InChI is InChI=1S/C22H23FN4O2/c1-14-8-9-16(10-19(14)23)22(28)27-11-17(13-29-2)18(12-27)21-24-20(25-26-21)15-6-4-3-5-7-15/h3-10,17-18H,11-13H2,1-2H3,(H,24,25,26)/t17-,18+/m0/s1. The third-order valence-corrected chi connectivity index (χ3v) is 5.41. The van der Waals surface area contributed by atoms with Gasteiger partial charge in [-0.3, -0.25) is 9.89 Å². The maximum atomic E-state index is 13.9. The average molecular weight is 394 g/mol. The molecule has 6 nitrogen and oxygen atoms in total. The minimum absolute atomic E-state index is 0.0286. The van der Waals surface area contributed by atoms with Crippen LogP contribution in [0.2, 0.25) is 0 Å². The Morgan fingerprint density at radius 2 is 2.03 bits per heavy atom. The maximum Gasteiger partial charge on any atom is 0.253 e. The molecule has 3 aromatic rings. The zero-order valence-corrected chi connectivity index (χ0v) is 16.4. The van der Waals surface area contributed by atoms with Crippen molar-refractivity contribution < 1.29 is 13.9 Å². The number of aryl methyl sites for hydroxylation is 1. The van der Waals surface area contributed by atoms with E-state index in [9.17, 15) is 9.18 Å². The Bertz CT molecular complexity index is 1010. The molecule has 1 aliphatic heterocycles. The van der Waals surface area contributed by atoms with E-state index in [-0.39, 0.29) is 23.6 Å². The lowest BCUT2D eigenvalue weighted by Gasteiger charge is -2.16. The van der Waals surface area contributed by atoms with Crippen LogP contribution in [0.25, 0.3) is 11.4 Å². The number of H-pyrrole nitrogens is 1. The molecular weight excluding hydrogens is 371 g/mol. The molecule has 7 heteroatoms. The second-order valence-electron chi connectivity index (χ2n) is 7.41. The van der Waals surface area contributed by atoms with Crippen molar-refractivity contribution in [3.63, 3.8) is 0 Å². The van der Waals surface area contributed by atoms with Gasteiger partial charge >= 0.3 is 0 Å². The largest absolute Gasteiger partial charge is 0.384 e. The van der Waals surface area contributed by atoms with Gasteiger partial charge in [0.05, 0.1) is 6.61 Å². The van der Waals surface area contributed by atoms with Crippen molar-refractivity contribution in [2.24, 2.45) is 5.92 Å². The van der Waals surface area contributed by atoms with Crippen molar-refractivity contribution in [1.29, 1.82) is 0 Å². The first-order valence-corrected chi connectivity index (χ1v) is 9.59. The summed E-state index contributed by atoms with van der Waals surface area (Å²) < 4.78 is 19.3. The summed E-state index contributed by atoms with van der Waals surface area (Å²) in [4.78, 5) is 19.3. The molecule has 0 bridgehead atoms. The molecule has 0 saturated carbocycles. The fourth-order valence-electron chi connectivity index (χ4n) is 3.79. The van der Waals surface area contributed by atoms with Crippen LogP contribution in [0.1, 0.15) is 27.7 Å². The Morgan fingerprint density at radius 3 is 2.76 bits per heavy atom. The van der Waals surface area contributed by atoms with Gasteiger partial charge in [-0.05, 0) is 24.6 Å². The summed E-state index contributed by atoms with van der Waals surface area (Å²) in [5, 5.41) is 7.38. The maximum absolute atomic E-state index is 13.9. The number of carbonyl (C=O) groups excluding carboxylic acids is 1. The highest BCUT2D eigenvalue weighted by atomic mass is 19.1. The Balaban J connectivity index is 1.56. The molecule has 1 aromatic heterocycles. The Labute approximate surface area is 168 Å². The number of nitrogens with zero attached hydrogens (tertiary/aromatic N) is 3. The zero-order valence-electron chi connectivity index (χ0n) is 16.4. The number of benzene rings is 2. The van der Waals surface area contributed by atoms with E-state index < -0.39 is 0 Å². The second kappa shape index (κ2) is 8.13. The summed E-state index contributed by atoms with van der Waals surface area (Å²) >= 11 is 0. The minimum atomic E-state index is -0.372. The number of hydrogen-bond donors (Lipinski definition) is 1. The molecule has 1 aliphatic rings. The second-order valence-corrected chi connectivity index (χ2v) is 7.41. The summed E-state index contributed by atoms with van der Waals surface area (Å²) in [6.45, 7) is 3.18. The first-order chi connectivity index (χ1) is 14.1. The number of aromatic amines is 1. The van der Waals surface area contributed by atoms with Gasteiger partial charge in [0.25, 0.3) is 5.91 Å². The van der Waals surface area contributed by atoms with E-state index >= 15 is 0 Å². The van der Waals surface area contributed by atoms with E-state index in [0.29, 0.717) is 36.6 Å². The van der Waals surface area contributed by atoms with Crippen LogP contribution in [-0.2, 0) is 4.74 Å².